The fraction of sp³-hybridized carbons (Fsp3) is 0.235. The van der Waals surface area contributed by atoms with Crippen LogP contribution in [0.15, 0.2) is 42.5 Å². The molecule has 0 unspecified atom stereocenters. The number of rotatable bonds is 5. The van der Waals surface area contributed by atoms with Crippen molar-refractivity contribution in [3.8, 4) is 17.2 Å². The van der Waals surface area contributed by atoms with Crippen molar-refractivity contribution < 1.29 is 23.7 Å². The number of benzene rings is 2. The van der Waals surface area contributed by atoms with E-state index in [2.05, 4.69) is 0 Å². The molecule has 0 radical (unpaired) electrons. The molecule has 0 N–H and O–H groups in total. The normalized spacial score (nSPS) is 12.0. The second-order valence-corrected chi connectivity index (χ2v) is 4.72. The summed E-state index contributed by atoms with van der Waals surface area (Å²) < 4.78 is 21.2. The Morgan fingerprint density at radius 2 is 1.86 bits per heavy atom. The summed E-state index contributed by atoms with van der Waals surface area (Å²) in [6.07, 6.45) is 0. The van der Waals surface area contributed by atoms with Gasteiger partial charge < -0.3 is 18.9 Å². The molecule has 1 aliphatic rings. The van der Waals surface area contributed by atoms with E-state index in [-0.39, 0.29) is 12.8 Å². The summed E-state index contributed by atoms with van der Waals surface area (Å²) >= 11 is 0. The van der Waals surface area contributed by atoms with E-state index in [1.807, 2.05) is 18.2 Å². The SMILES string of the molecule is CCOC(=O)c1ccc(OCc2ccc3c(c2)OCO3)cc1. The van der Waals surface area contributed by atoms with Gasteiger partial charge in [0.05, 0.1) is 12.2 Å². The highest BCUT2D eigenvalue weighted by Gasteiger charge is 2.13. The molecule has 0 saturated carbocycles. The van der Waals surface area contributed by atoms with Crippen LogP contribution in [-0.2, 0) is 11.3 Å². The first kappa shape index (κ1) is 14.3. The number of carbonyl (C=O) groups is 1. The maximum atomic E-state index is 11.6. The molecule has 0 spiro atoms. The summed E-state index contributed by atoms with van der Waals surface area (Å²) in [5.74, 6) is 1.84. The molecule has 5 nitrogen and oxygen atoms in total. The Balaban J connectivity index is 1.60. The van der Waals surface area contributed by atoms with Crippen molar-refractivity contribution in [2.24, 2.45) is 0 Å². The Morgan fingerprint density at radius 1 is 1.09 bits per heavy atom. The van der Waals surface area contributed by atoms with Gasteiger partial charge in [-0.05, 0) is 48.9 Å². The Hall–Kier alpha value is -2.69. The van der Waals surface area contributed by atoms with Gasteiger partial charge in [0, 0.05) is 0 Å². The molecule has 1 aliphatic heterocycles. The zero-order chi connectivity index (χ0) is 15.4. The lowest BCUT2D eigenvalue weighted by Crippen LogP contribution is -2.04. The van der Waals surface area contributed by atoms with Crippen molar-refractivity contribution in [2.45, 2.75) is 13.5 Å². The summed E-state index contributed by atoms with van der Waals surface area (Å²) in [4.78, 5) is 11.6. The number of hydrogen-bond donors (Lipinski definition) is 0. The van der Waals surface area contributed by atoms with Gasteiger partial charge in [-0.25, -0.2) is 4.79 Å². The van der Waals surface area contributed by atoms with Crippen LogP contribution < -0.4 is 14.2 Å². The van der Waals surface area contributed by atoms with Gasteiger partial charge in [-0.3, -0.25) is 0 Å². The lowest BCUT2D eigenvalue weighted by molar-refractivity contribution is 0.0526. The highest BCUT2D eigenvalue weighted by Crippen LogP contribution is 2.32. The average molecular weight is 300 g/mol. The zero-order valence-electron chi connectivity index (χ0n) is 12.2. The van der Waals surface area contributed by atoms with Crippen LogP contribution in [0, 0.1) is 0 Å². The summed E-state index contributed by atoms with van der Waals surface area (Å²) in [5.41, 5.74) is 1.50. The monoisotopic (exact) mass is 300 g/mol. The molecule has 3 rings (SSSR count). The Bertz CT molecular complexity index is 663. The van der Waals surface area contributed by atoms with Gasteiger partial charge in [-0.15, -0.1) is 0 Å². The molecule has 0 saturated heterocycles. The molecule has 1 heterocycles. The fourth-order valence-electron chi connectivity index (χ4n) is 2.10. The highest BCUT2D eigenvalue weighted by molar-refractivity contribution is 5.89. The molecule has 22 heavy (non-hydrogen) atoms. The van der Waals surface area contributed by atoms with E-state index in [1.54, 1.807) is 31.2 Å². The standard InChI is InChI=1S/C17H16O5/c1-2-19-17(18)13-4-6-14(7-5-13)20-10-12-3-8-15-16(9-12)22-11-21-15/h3-9H,2,10-11H2,1H3. The molecular formula is C17H16O5. The molecule has 5 heteroatoms. The summed E-state index contributed by atoms with van der Waals surface area (Å²) in [5, 5.41) is 0. The van der Waals surface area contributed by atoms with Crippen LogP contribution in [0.5, 0.6) is 17.2 Å². The summed E-state index contributed by atoms with van der Waals surface area (Å²) in [6.45, 7) is 2.81. The van der Waals surface area contributed by atoms with Crippen LogP contribution in [0.4, 0.5) is 0 Å². The maximum absolute atomic E-state index is 11.6. The number of carbonyl (C=O) groups excluding carboxylic acids is 1. The van der Waals surface area contributed by atoms with E-state index in [1.165, 1.54) is 0 Å². The van der Waals surface area contributed by atoms with E-state index in [0.29, 0.717) is 24.5 Å². The lowest BCUT2D eigenvalue weighted by atomic mass is 10.2. The van der Waals surface area contributed by atoms with Crippen LogP contribution in [0.2, 0.25) is 0 Å². The Morgan fingerprint density at radius 3 is 2.64 bits per heavy atom. The van der Waals surface area contributed by atoms with Crippen LogP contribution >= 0.6 is 0 Å². The van der Waals surface area contributed by atoms with Crippen molar-refractivity contribution in [3.05, 3.63) is 53.6 Å². The zero-order valence-corrected chi connectivity index (χ0v) is 12.2. The third kappa shape index (κ3) is 3.14. The minimum atomic E-state index is -0.329. The Labute approximate surface area is 128 Å². The lowest BCUT2D eigenvalue weighted by Gasteiger charge is -2.08. The van der Waals surface area contributed by atoms with Crippen molar-refractivity contribution in [2.75, 3.05) is 13.4 Å². The quantitative estimate of drug-likeness (QED) is 0.794. The van der Waals surface area contributed by atoms with Gasteiger partial charge in [0.1, 0.15) is 12.4 Å². The van der Waals surface area contributed by atoms with Crippen molar-refractivity contribution in [3.63, 3.8) is 0 Å². The third-order valence-corrected chi connectivity index (χ3v) is 3.21. The van der Waals surface area contributed by atoms with Gasteiger partial charge >= 0.3 is 5.97 Å². The smallest absolute Gasteiger partial charge is 0.338 e. The minimum absolute atomic E-state index is 0.259. The molecule has 0 atom stereocenters. The number of hydrogen-bond acceptors (Lipinski definition) is 5. The molecule has 0 aromatic heterocycles. The number of ether oxygens (including phenoxy) is 4. The van der Waals surface area contributed by atoms with E-state index in [0.717, 1.165) is 17.1 Å². The molecule has 0 amide bonds. The van der Waals surface area contributed by atoms with Crippen molar-refractivity contribution in [1.29, 1.82) is 0 Å². The minimum Gasteiger partial charge on any atom is -0.489 e. The largest absolute Gasteiger partial charge is 0.489 e. The summed E-state index contributed by atoms with van der Waals surface area (Å²) in [6, 6.07) is 12.6. The maximum Gasteiger partial charge on any atom is 0.338 e. The van der Waals surface area contributed by atoms with Crippen LogP contribution in [0.3, 0.4) is 0 Å². The molecule has 2 aromatic rings. The highest BCUT2D eigenvalue weighted by atomic mass is 16.7. The van der Waals surface area contributed by atoms with Gasteiger partial charge in [0.2, 0.25) is 6.79 Å². The average Bonchev–Trinajstić information content (AvgIpc) is 3.01. The van der Waals surface area contributed by atoms with Crippen LogP contribution in [0.1, 0.15) is 22.8 Å². The van der Waals surface area contributed by atoms with Crippen LogP contribution in [-0.4, -0.2) is 19.4 Å². The molecule has 0 aliphatic carbocycles. The number of esters is 1. The van der Waals surface area contributed by atoms with Gasteiger partial charge in [-0.2, -0.15) is 0 Å². The van der Waals surface area contributed by atoms with Crippen molar-refractivity contribution in [1.82, 2.24) is 0 Å². The van der Waals surface area contributed by atoms with Crippen molar-refractivity contribution >= 4 is 5.97 Å². The first-order chi connectivity index (χ1) is 10.8. The van der Waals surface area contributed by atoms with Crippen LogP contribution in [0.25, 0.3) is 0 Å². The predicted octanol–water partition coefficient (Wildman–Crippen LogP) is 3.17. The fourth-order valence-corrected chi connectivity index (χ4v) is 2.10. The molecule has 0 bridgehead atoms. The third-order valence-electron chi connectivity index (χ3n) is 3.21. The first-order valence-electron chi connectivity index (χ1n) is 7.05. The topological polar surface area (TPSA) is 54.0 Å². The number of fused-ring (bicyclic) bond motifs is 1. The van der Waals surface area contributed by atoms with E-state index < -0.39 is 0 Å². The first-order valence-corrected chi connectivity index (χ1v) is 7.05. The van der Waals surface area contributed by atoms with Gasteiger partial charge in [0.25, 0.3) is 0 Å². The molecule has 114 valence electrons. The second kappa shape index (κ2) is 6.39. The van der Waals surface area contributed by atoms with E-state index in [9.17, 15) is 4.79 Å². The second-order valence-electron chi connectivity index (χ2n) is 4.72. The predicted molar refractivity (Wildman–Crippen MR) is 79.3 cm³/mol. The van der Waals surface area contributed by atoms with Gasteiger partial charge in [-0.1, -0.05) is 6.07 Å². The molecule has 0 fully saturated rings. The summed E-state index contributed by atoms with van der Waals surface area (Å²) in [7, 11) is 0. The Kier molecular flexibility index (Phi) is 4.14. The van der Waals surface area contributed by atoms with Gasteiger partial charge in [0.15, 0.2) is 11.5 Å². The molecule has 2 aromatic carbocycles. The van der Waals surface area contributed by atoms with E-state index >= 15 is 0 Å². The van der Waals surface area contributed by atoms with E-state index in [4.69, 9.17) is 18.9 Å². The molecular weight excluding hydrogens is 284 g/mol.